The van der Waals surface area contributed by atoms with Gasteiger partial charge in [-0.1, -0.05) is 12.1 Å². The first-order chi connectivity index (χ1) is 10.1. The summed E-state index contributed by atoms with van der Waals surface area (Å²) < 4.78 is 17.9. The van der Waals surface area contributed by atoms with Crippen LogP contribution in [0.1, 0.15) is 12.5 Å². The van der Waals surface area contributed by atoms with Gasteiger partial charge in [-0.15, -0.1) is 0 Å². The standard InChI is InChI=1S/C13H13FN4O3/c1-2-21-13-11(18(19)20)12(16-8-17-13)15-7-9-3-5-10(14)6-4-9/h3-6,8H,2,7H2,1H3,(H,15,16,17). The number of anilines is 1. The topological polar surface area (TPSA) is 90.2 Å². The zero-order valence-electron chi connectivity index (χ0n) is 11.2. The highest BCUT2D eigenvalue weighted by atomic mass is 19.1. The van der Waals surface area contributed by atoms with Crippen molar-refractivity contribution in [2.75, 3.05) is 11.9 Å². The number of benzene rings is 1. The number of nitrogens with one attached hydrogen (secondary N) is 1. The number of rotatable bonds is 6. The van der Waals surface area contributed by atoms with Gasteiger partial charge in [0.1, 0.15) is 12.1 Å². The van der Waals surface area contributed by atoms with Gasteiger partial charge in [0, 0.05) is 6.54 Å². The zero-order valence-corrected chi connectivity index (χ0v) is 11.2. The van der Waals surface area contributed by atoms with Gasteiger partial charge in [0.05, 0.1) is 11.5 Å². The van der Waals surface area contributed by atoms with Crippen molar-refractivity contribution in [3.05, 3.63) is 52.1 Å². The molecule has 0 atom stereocenters. The summed E-state index contributed by atoms with van der Waals surface area (Å²) in [5.74, 6) is -0.368. The molecular formula is C13H13FN4O3. The van der Waals surface area contributed by atoms with Crippen LogP contribution in [0, 0.1) is 15.9 Å². The molecule has 1 N–H and O–H groups in total. The van der Waals surface area contributed by atoms with Gasteiger partial charge in [-0.3, -0.25) is 10.1 Å². The van der Waals surface area contributed by atoms with E-state index in [0.717, 1.165) is 5.56 Å². The quantitative estimate of drug-likeness (QED) is 0.650. The van der Waals surface area contributed by atoms with E-state index < -0.39 is 4.92 Å². The molecule has 0 radical (unpaired) electrons. The zero-order chi connectivity index (χ0) is 15.2. The lowest BCUT2D eigenvalue weighted by Gasteiger charge is -2.08. The van der Waals surface area contributed by atoms with Crippen molar-refractivity contribution in [1.29, 1.82) is 0 Å². The largest absolute Gasteiger partial charge is 0.473 e. The third-order valence-corrected chi connectivity index (χ3v) is 2.63. The summed E-state index contributed by atoms with van der Waals surface area (Å²) in [5, 5.41) is 14.0. The molecule has 0 aliphatic carbocycles. The summed E-state index contributed by atoms with van der Waals surface area (Å²) in [5.41, 5.74) is 0.448. The van der Waals surface area contributed by atoms with Crippen LogP contribution >= 0.6 is 0 Å². The van der Waals surface area contributed by atoms with Gasteiger partial charge in [-0.2, -0.15) is 4.98 Å². The van der Waals surface area contributed by atoms with E-state index in [4.69, 9.17) is 4.74 Å². The van der Waals surface area contributed by atoms with Gasteiger partial charge in [0.2, 0.25) is 5.82 Å². The van der Waals surface area contributed by atoms with Crippen LogP contribution in [0.3, 0.4) is 0 Å². The lowest BCUT2D eigenvalue weighted by Crippen LogP contribution is -2.08. The van der Waals surface area contributed by atoms with Gasteiger partial charge in [-0.25, -0.2) is 9.37 Å². The number of hydrogen-bond acceptors (Lipinski definition) is 6. The Morgan fingerprint density at radius 3 is 2.67 bits per heavy atom. The second-order valence-corrected chi connectivity index (χ2v) is 4.05. The molecule has 2 rings (SSSR count). The predicted molar refractivity (Wildman–Crippen MR) is 73.6 cm³/mol. The Kier molecular flexibility index (Phi) is 4.60. The summed E-state index contributed by atoms with van der Waals surface area (Å²) in [7, 11) is 0. The van der Waals surface area contributed by atoms with Crippen molar-refractivity contribution in [3.63, 3.8) is 0 Å². The van der Waals surface area contributed by atoms with Gasteiger partial charge < -0.3 is 10.1 Å². The van der Waals surface area contributed by atoms with Crippen molar-refractivity contribution in [2.24, 2.45) is 0 Å². The molecule has 0 saturated heterocycles. The Balaban J connectivity index is 2.21. The molecule has 21 heavy (non-hydrogen) atoms. The molecule has 0 amide bonds. The van der Waals surface area contributed by atoms with Crippen LogP contribution in [0.4, 0.5) is 15.9 Å². The average molecular weight is 292 g/mol. The molecule has 0 fully saturated rings. The van der Waals surface area contributed by atoms with Crippen molar-refractivity contribution >= 4 is 11.5 Å². The highest BCUT2D eigenvalue weighted by molar-refractivity contribution is 5.61. The summed E-state index contributed by atoms with van der Waals surface area (Å²) in [4.78, 5) is 18.1. The number of nitrogens with zero attached hydrogens (tertiary/aromatic N) is 3. The lowest BCUT2D eigenvalue weighted by molar-refractivity contribution is -0.385. The first-order valence-electron chi connectivity index (χ1n) is 6.22. The summed E-state index contributed by atoms with van der Waals surface area (Å²) in [6, 6.07) is 5.80. The molecular weight excluding hydrogens is 279 g/mol. The fraction of sp³-hybridized carbons (Fsp3) is 0.231. The van der Waals surface area contributed by atoms with Gasteiger partial charge >= 0.3 is 5.69 Å². The summed E-state index contributed by atoms with van der Waals surface area (Å²) in [6.07, 6.45) is 1.19. The van der Waals surface area contributed by atoms with Crippen LogP contribution in [-0.4, -0.2) is 21.5 Å². The Morgan fingerprint density at radius 2 is 2.05 bits per heavy atom. The molecule has 2 aromatic rings. The number of hydrogen-bond donors (Lipinski definition) is 1. The molecule has 0 unspecified atom stereocenters. The highest BCUT2D eigenvalue weighted by Gasteiger charge is 2.23. The fourth-order valence-corrected chi connectivity index (χ4v) is 1.69. The van der Waals surface area contributed by atoms with Gasteiger partial charge in [0.15, 0.2) is 0 Å². The van der Waals surface area contributed by atoms with Crippen LogP contribution in [0.15, 0.2) is 30.6 Å². The molecule has 0 aliphatic rings. The molecule has 1 heterocycles. The minimum Gasteiger partial charge on any atom is -0.473 e. The average Bonchev–Trinajstić information content (AvgIpc) is 2.47. The summed E-state index contributed by atoms with van der Waals surface area (Å²) in [6.45, 7) is 2.23. The molecule has 0 saturated carbocycles. The molecule has 0 spiro atoms. The number of aromatic nitrogens is 2. The Labute approximate surface area is 120 Å². The first kappa shape index (κ1) is 14.6. The number of ether oxygens (including phenoxy) is 1. The van der Waals surface area contributed by atoms with Crippen molar-refractivity contribution in [3.8, 4) is 5.88 Å². The molecule has 7 nitrogen and oxygen atoms in total. The van der Waals surface area contributed by atoms with E-state index >= 15 is 0 Å². The van der Waals surface area contributed by atoms with E-state index in [-0.39, 0.29) is 36.4 Å². The third kappa shape index (κ3) is 3.62. The van der Waals surface area contributed by atoms with E-state index in [1.54, 1.807) is 19.1 Å². The molecule has 8 heteroatoms. The maximum absolute atomic E-state index is 12.8. The minimum atomic E-state index is -0.599. The van der Waals surface area contributed by atoms with E-state index in [2.05, 4.69) is 15.3 Å². The van der Waals surface area contributed by atoms with E-state index in [1.165, 1.54) is 18.5 Å². The van der Waals surface area contributed by atoms with Crippen molar-refractivity contribution < 1.29 is 14.1 Å². The normalized spacial score (nSPS) is 10.2. The monoisotopic (exact) mass is 292 g/mol. The van der Waals surface area contributed by atoms with Crippen molar-refractivity contribution in [1.82, 2.24) is 9.97 Å². The van der Waals surface area contributed by atoms with Gasteiger partial charge in [-0.05, 0) is 24.6 Å². The highest BCUT2D eigenvalue weighted by Crippen LogP contribution is 2.30. The molecule has 0 aliphatic heterocycles. The number of nitro groups is 1. The maximum atomic E-state index is 12.8. The second-order valence-electron chi connectivity index (χ2n) is 4.05. The predicted octanol–water partition coefficient (Wildman–Crippen LogP) is 2.53. The Morgan fingerprint density at radius 1 is 1.33 bits per heavy atom. The van der Waals surface area contributed by atoms with E-state index in [0.29, 0.717) is 0 Å². The van der Waals surface area contributed by atoms with Crippen LogP contribution in [0.5, 0.6) is 5.88 Å². The maximum Gasteiger partial charge on any atom is 0.372 e. The second kappa shape index (κ2) is 6.60. The fourth-order valence-electron chi connectivity index (χ4n) is 1.69. The third-order valence-electron chi connectivity index (χ3n) is 2.63. The van der Waals surface area contributed by atoms with Crippen LogP contribution in [0.2, 0.25) is 0 Å². The van der Waals surface area contributed by atoms with E-state index in [1.807, 2.05) is 0 Å². The lowest BCUT2D eigenvalue weighted by atomic mass is 10.2. The van der Waals surface area contributed by atoms with Crippen LogP contribution < -0.4 is 10.1 Å². The SMILES string of the molecule is CCOc1ncnc(NCc2ccc(F)cc2)c1[N+](=O)[O-]. The first-order valence-corrected chi connectivity index (χ1v) is 6.22. The van der Waals surface area contributed by atoms with E-state index in [9.17, 15) is 14.5 Å². The Hall–Kier alpha value is -2.77. The molecule has 0 bridgehead atoms. The molecule has 1 aromatic carbocycles. The smallest absolute Gasteiger partial charge is 0.372 e. The Bertz CT molecular complexity index is 634. The van der Waals surface area contributed by atoms with Crippen LogP contribution in [-0.2, 0) is 6.54 Å². The molecule has 1 aromatic heterocycles. The summed E-state index contributed by atoms with van der Waals surface area (Å²) >= 11 is 0. The van der Waals surface area contributed by atoms with Crippen LogP contribution in [0.25, 0.3) is 0 Å². The van der Waals surface area contributed by atoms with Gasteiger partial charge in [0.25, 0.3) is 5.88 Å². The minimum absolute atomic E-state index is 0.0581. The van der Waals surface area contributed by atoms with Crippen molar-refractivity contribution in [2.45, 2.75) is 13.5 Å². The number of halogens is 1. The molecule has 110 valence electrons.